The first-order chi connectivity index (χ1) is 9.12. The van der Waals surface area contributed by atoms with Gasteiger partial charge in [-0.3, -0.25) is 0 Å². The van der Waals surface area contributed by atoms with Gasteiger partial charge in [-0.1, -0.05) is 89.9 Å². The van der Waals surface area contributed by atoms with Gasteiger partial charge >= 0.3 is 26.2 Å². The Balaban J connectivity index is 0.000000202. The molecule has 0 saturated heterocycles. The zero-order valence-corrected chi connectivity index (χ0v) is 18.0. The molecule has 4 aliphatic rings. The van der Waals surface area contributed by atoms with E-state index in [2.05, 4.69) is 54.4 Å². The van der Waals surface area contributed by atoms with Gasteiger partial charge in [0.2, 0.25) is 0 Å². The van der Waals surface area contributed by atoms with Gasteiger partial charge in [-0.25, -0.2) is 0 Å². The van der Waals surface area contributed by atoms with E-state index in [4.69, 9.17) is 0 Å². The molecule has 4 saturated carbocycles. The summed E-state index contributed by atoms with van der Waals surface area (Å²) >= 11 is 0. The van der Waals surface area contributed by atoms with Crippen molar-refractivity contribution in [3.63, 3.8) is 0 Å². The van der Waals surface area contributed by atoms with E-state index in [0.29, 0.717) is 21.7 Å². The van der Waals surface area contributed by atoms with Crippen LogP contribution in [0.1, 0.15) is 80.1 Å². The predicted octanol–water partition coefficient (Wildman–Crippen LogP) is 5.25. The maximum Gasteiger partial charge on any atom is 2.00 e. The third-order valence-corrected chi connectivity index (χ3v) is 8.72. The average Bonchev–Trinajstić information content (AvgIpc) is 2.91. The zero-order chi connectivity index (χ0) is 14.8. The second-order valence-electron chi connectivity index (χ2n) is 9.63. The van der Waals surface area contributed by atoms with E-state index in [1.54, 1.807) is 0 Å². The zero-order valence-electron chi connectivity index (χ0n) is 15.6. The molecule has 1 nitrogen and oxygen atoms in total. The Bertz CT molecular complexity index is 339. The monoisotopic (exact) mass is 382 g/mol. The topological polar surface area (TPSA) is 31.5 Å². The minimum absolute atomic E-state index is 0. The van der Waals surface area contributed by atoms with Crippen molar-refractivity contribution in [2.75, 3.05) is 0 Å². The molecular weight excluding hydrogens is 347 g/mol. The Kier molecular flexibility index (Phi) is 5.97. The van der Waals surface area contributed by atoms with Crippen LogP contribution in [0.25, 0.3) is 0 Å². The molecule has 22 heavy (non-hydrogen) atoms. The Morgan fingerprint density at radius 1 is 0.682 bits per heavy atom. The van der Waals surface area contributed by atoms with Crippen molar-refractivity contribution >= 4 is 0 Å². The summed E-state index contributed by atoms with van der Waals surface area (Å²) in [6.45, 7) is 14.6. The molecule has 0 heterocycles. The van der Waals surface area contributed by atoms with Crippen LogP contribution in [0, 0.1) is 46.3 Å². The summed E-state index contributed by atoms with van der Waals surface area (Å²) in [5.41, 5.74) is 2.37. The number of rotatable bonds is 0. The normalized spacial score (nSPS) is 45.5. The summed E-state index contributed by atoms with van der Waals surface area (Å²) in [6.07, 6.45) is 13.7. The molecule has 4 rings (SSSR count). The maximum atomic E-state index is 2.56. The Morgan fingerprint density at radius 3 is 1.05 bits per heavy atom. The van der Waals surface area contributed by atoms with Gasteiger partial charge in [-0.15, -0.1) is 0 Å². The molecule has 4 bridgehead atoms. The number of hydrogen-bond acceptors (Lipinski definition) is 0. The van der Waals surface area contributed by atoms with E-state index in [0.717, 1.165) is 11.8 Å². The van der Waals surface area contributed by atoms with Crippen molar-refractivity contribution in [1.82, 2.24) is 0 Å². The molecule has 4 fully saturated rings. The van der Waals surface area contributed by atoms with E-state index < -0.39 is 0 Å². The van der Waals surface area contributed by atoms with Gasteiger partial charge in [-0.2, -0.15) is 23.7 Å². The van der Waals surface area contributed by atoms with Crippen molar-refractivity contribution in [2.24, 2.45) is 33.5 Å². The van der Waals surface area contributed by atoms with Crippen LogP contribution in [0.15, 0.2) is 0 Å². The van der Waals surface area contributed by atoms with Gasteiger partial charge in [0, 0.05) is 0 Å². The molecule has 126 valence electrons. The molecular formula is C20H36OZr. The van der Waals surface area contributed by atoms with E-state index >= 15 is 0 Å². The molecule has 0 aromatic rings. The Labute approximate surface area is 157 Å². The third kappa shape index (κ3) is 2.73. The van der Waals surface area contributed by atoms with Crippen molar-refractivity contribution < 1.29 is 31.7 Å². The van der Waals surface area contributed by atoms with Crippen molar-refractivity contribution in [1.29, 1.82) is 0 Å². The summed E-state index contributed by atoms with van der Waals surface area (Å²) in [5, 5.41) is 0. The SMILES string of the molecule is CC12[CH-]CC(CC1)C2(C)C.CC12[CH-]CC(CC1)C2(C)C.O.[Zr+2]. The summed E-state index contributed by atoms with van der Waals surface area (Å²) in [7, 11) is 0. The fourth-order valence-electron chi connectivity index (χ4n) is 5.61. The van der Waals surface area contributed by atoms with Gasteiger partial charge in [0.15, 0.2) is 0 Å². The number of fused-ring (bicyclic) bond motifs is 4. The van der Waals surface area contributed by atoms with Crippen LogP contribution >= 0.6 is 0 Å². The Morgan fingerprint density at radius 2 is 1.00 bits per heavy atom. The van der Waals surface area contributed by atoms with E-state index in [1.807, 2.05) is 0 Å². The fraction of sp³-hybridized carbons (Fsp3) is 0.900. The van der Waals surface area contributed by atoms with Gasteiger partial charge in [0.1, 0.15) is 0 Å². The molecule has 0 radical (unpaired) electrons. The van der Waals surface area contributed by atoms with Crippen molar-refractivity contribution in [2.45, 2.75) is 80.1 Å². The molecule has 2 heteroatoms. The number of hydrogen-bond donors (Lipinski definition) is 0. The van der Waals surface area contributed by atoms with E-state index in [9.17, 15) is 0 Å². The molecule has 2 N–H and O–H groups in total. The van der Waals surface area contributed by atoms with Crippen LogP contribution in [0.3, 0.4) is 0 Å². The fourth-order valence-corrected chi connectivity index (χ4v) is 5.61. The van der Waals surface area contributed by atoms with E-state index in [1.165, 1.54) is 38.5 Å². The summed E-state index contributed by atoms with van der Waals surface area (Å²) in [5.74, 6) is 2.00. The maximum absolute atomic E-state index is 2.56. The van der Waals surface area contributed by atoms with Crippen LogP contribution in [0.5, 0.6) is 0 Å². The van der Waals surface area contributed by atoms with Crippen LogP contribution in [-0.4, -0.2) is 5.48 Å². The van der Waals surface area contributed by atoms with Crippen molar-refractivity contribution in [3.05, 3.63) is 12.8 Å². The van der Waals surface area contributed by atoms with Crippen LogP contribution in [0.2, 0.25) is 0 Å². The van der Waals surface area contributed by atoms with Crippen LogP contribution in [-0.2, 0) is 26.2 Å². The molecule has 0 aromatic heterocycles. The van der Waals surface area contributed by atoms with Crippen LogP contribution in [0.4, 0.5) is 0 Å². The Hall–Kier alpha value is 0.843. The second-order valence-corrected chi connectivity index (χ2v) is 9.63. The second kappa shape index (κ2) is 6.29. The van der Waals surface area contributed by atoms with Crippen LogP contribution < -0.4 is 0 Å². The first-order valence-electron chi connectivity index (χ1n) is 8.81. The molecule has 0 amide bonds. The van der Waals surface area contributed by atoms with Gasteiger partial charge in [0.25, 0.3) is 0 Å². The largest absolute Gasteiger partial charge is 2.00 e. The minimum Gasteiger partial charge on any atom is -0.412 e. The first-order valence-corrected chi connectivity index (χ1v) is 8.81. The predicted molar refractivity (Wildman–Crippen MR) is 90.7 cm³/mol. The quantitative estimate of drug-likeness (QED) is 0.512. The third-order valence-electron chi connectivity index (χ3n) is 8.72. The van der Waals surface area contributed by atoms with Crippen molar-refractivity contribution in [3.8, 4) is 0 Å². The molecule has 4 atom stereocenters. The first kappa shape index (κ1) is 20.9. The van der Waals surface area contributed by atoms with Gasteiger partial charge in [-0.05, 0) is 0 Å². The smallest absolute Gasteiger partial charge is 0.412 e. The standard InChI is InChI=1S/2C10H17.H2O.Zr/c2*1-9(2)8-4-6-10(9,3)7-5-8;;/h2*6,8H,4-5,7H2,1-3H3;1H2;/q2*-1;;+2. The molecule has 4 aliphatic carbocycles. The van der Waals surface area contributed by atoms with E-state index in [-0.39, 0.29) is 31.7 Å². The van der Waals surface area contributed by atoms with Gasteiger partial charge < -0.3 is 18.3 Å². The van der Waals surface area contributed by atoms with Gasteiger partial charge in [0.05, 0.1) is 0 Å². The summed E-state index contributed by atoms with van der Waals surface area (Å²) in [4.78, 5) is 0. The minimum atomic E-state index is 0. The molecule has 0 aromatic carbocycles. The average molecular weight is 384 g/mol. The molecule has 4 unspecified atom stereocenters. The molecule has 0 aliphatic heterocycles. The summed E-state index contributed by atoms with van der Waals surface area (Å²) in [6, 6.07) is 0. The molecule has 0 spiro atoms. The summed E-state index contributed by atoms with van der Waals surface area (Å²) < 4.78 is 0.